The summed E-state index contributed by atoms with van der Waals surface area (Å²) >= 11 is 6.06. The van der Waals surface area contributed by atoms with E-state index >= 15 is 0 Å². The van der Waals surface area contributed by atoms with Crippen LogP contribution in [0.2, 0.25) is 0 Å². The molecule has 0 bridgehead atoms. The number of rotatable bonds is 1. The first-order valence-corrected chi connectivity index (χ1v) is 5.88. The lowest BCUT2D eigenvalue weighted by Crippen LogP contribution is -2.13. The molecule has 1 heterocycles. The molecule has 0 aromatic carbocycles. The van der Waals surface area contributed by atoms with Crippen molar-refractivity contribution in [3.05, 3.63) is 21.3 Å². The second kappa shape index (κ2) is 3.41. The molecule has 0 saturated heterocycles. The fraction of sp³-hybridized carbons (Fsp3) is 0. The van der Waals surface area contributed by atoms with E-state index < -0.39 is 10.0 Å². The lowest BCUT2D eigenvalue weighted by molar-refractivity contribution is 0.596. The lowest BCUT2D eigenvalue weighted by atomic mass is 10.5. The fourth-order valence-corrected chi connectivity index (χ4v) is 2.56. The molecule has 12 heavy (non-hydrogen) atoms. The zero-order valence-electron chi connectivity index (χ0n) is 5.66. The van der Waals surface area contributed by atoms with Gasteiger partial charge in [0.25, 0.3) is 0 Å². The minimum Gasteiger partial charge on any atom is -0.247 e. The smallest absolute Gasteiger partial charge is 0.240 e. The van der Waals surface area contributed by atoms with Crippen LogP contribution in [-0.4, -0.2) is 13.4 Å². The Hall–Kier alpha value is 0.0200. The van der Waals surface area contributed by atoms with E-state index in [1.807, 2.05) is 0 Å². The normalized spacial score (nSPS) is 11.6. The SMILES string of the molecule is NS(=O)(=O)c1cc(Br)cnc1Br. The average Bonchev–Trinajstić information content (AvgIpc) is 1.92. The molecule has 0 fully saturated rings. The van der Waals surface area contributed by atoms with Gasteiger partial charge in [0.2, 0.25) is 10.0 Å². The van der Waals surface area contributed by atoms with Crippen molar-refractivity contribution in [2.75, 3.05) is 0 Å². The number of sulfonamides is 1. The van der Waals surface area contributed by atoms with Crippen molar-refractivity contribution in [2.24, 2.45) is 5.14 Å². The molecule has 0 spiro atoms. The van der Waals surface area contributed by atoms with E-state index in [0.717, 1.165) is 0 Å². The number of nitrogens with two attached hydrogens (primary N) is 1. The molecule has 0 unspecified atom stereocenters. The van der Waals surface area contributed by atoms with E-state index in [-0.39, 0.29) is 9.50 Å². The Balaban J connectivity index is 3.43. The Bertz CT molecular complexity index is 404. The first kappa shape index (κ1) is 10.1. The molecular weight excluding hydrogens is 312 g/mol. The van der Waals surface area contributed by atoms with Crippen LogP contribution in [0.3, 0.4) is 0 Å². The van der Waals surface area contributed by atoms with Gasteiger partial charge in [0, 0.05) is 10.7 Å². The van der Waals surface area contributed by atoms with Gasteiger partial charge in [-0.05, 0) is 37.9 Å². The van der Waals surface area contributed by atoms with Gasteiger partial charge in [-0.25, -0.2) is 18.5 Å². The summed E-state index contributed by atoms with van der Waals surface area (Å²) in [5, 5.41) is 4.91. The Morgan fingerprint density at radius 2 is 2.00 bits per heavy atom. The third-order valence-electron chi connectivity index (χ3n) is 1.08. The molecule has 4 nitrogen and oxygen atoms in total. The Morgan fingerprint density at radius 1 is 1.42 bits per heavy atom. The number of halogens is 2. The lowest BCUT2D eigenvalue weighted by Gasteiger charge is -2.00. The van der Waals surface area contributed by atoms with Gasteiger partial charge in [-0.3, -0.25) is 0 Å². The third-order valence-corrected chi connectivity index (χ3v) is 3.33. The van der Waals surface area contributed by atoms with E-state index in [1.54, 1.807) is 0 Å². The molecule has 0 radical (unpaired) electrons. The Morgan fingerprint density at radius 3 is 2.42 bits per heavy atom. The van der Waals surface area contributed by atoms with Crippen molar-refractivity contribution in [3.63, 3.8) is 0 Å². The quantitative estimate of drug-likeness (QED) is 0.793. The van der Waals surface area contributed by atoms with E-state index in [4.69, 9.17) is 5.14 Å². The Kier molecular flexibility index (Phi) is 2.87. The standard InChI is InChI=1S/C5H4Br2N2O2S/c6-3-1-4(12(8,10)11)5(7)9-2-3/h1-2H,(H2,8,10,11). The number of hydrogen-bond donors (Lipinski definition) is 1. The van der Waals surface area contributed by atoms with E-state index in [9.17, 15) is 8.42 Å². The van der Waals surface area contributed by atoms with Crippen molar-refractivity contribution in [2.45, 2.75) is 4.90 Å². The highest BCUT2D eigenvalue weighted by Gasteiger charge is 2.13. The van der Waals surface area contributed by atoms with Gasteiger partial charge in [0.15, 0.2) is 0 Å². The van der Waals surface area contributed by atoms with Crippen molar-refractivity contribution >= 4 is 41.9 Å². The van der Waals surface area contributed by atoms with Crippen LogP contribution in [0.5, 0.6) is 0 Å². The van der Waals surface area contributed by atoms with E-state index in [1.165, 1.54) is 12.3 Å². The first-order chi connectivity index (χ1) is 5.41. The molecule has 0 saturated carbocycles. The molecule has 7 heteroatoms. The molecule has 2 N–H and O–H groups in total. The summed E-state index contributed by atoms with van der Waals surface area (Å²) in [5.41, 5.74) is 0. The summed E-state index contributed by atoms with van der Waals surface area (Å²) in [5.74, 6) is 0. The predicted octanol–water partition coefficient (Wildman–Crippen LogP) is 1.25. The number of aromatic nitrogens is 1. The zero-order valence-corrected chi connectivity index (χ0v) is 9.65. The summed E-state index contributed by atoms with van der Waals surface area (Å²) in [4.78, 5) is 3.73. The molecule has 1 aromatic heterocycles. The molecule has 0 amide bonds. The molecule has 1 rings (SSSR count). The van der Waals surface area contributed by atoms with Crippen LogP contribution in [0.15, 0.2) is 26.2 Å². The topological polar surface area (TPSA) is 73.1 Å². The van der Waals surface area contributed by atoms with Crippen LogP contribution in [0.25, 0.3) is 0 Å². The summed E-state index contributed by atoms with van der Waals surface area (Å²) in [7, 11) is -3.70. The summed E-state index contributed by atoms with van der Waals surface area (Å²) in [6, 6.07) is 1.38. The number of primary sulfonamides is 1. The van der Waals surface area contributed by atoms with Crippen LogP contribution < -0.4 is 5.14 Å². The first-order valence-electron chi connectivity index (χ1n) is 2.75. The van der Waals surface area contributed by atoms with Crippen molar-refractivity contribution in [3.8, 4) is 0 Å². The Labute approximate surface area is 86.5 Å². The molecule has 0 aliphatic heterocycles. The minimum absolute atomic E-state index is 0.0307. The van der Waals surface area contributed by atoms with Crippen LogP contribution in [0.1, 0.15) is 0 Å². The molecular formula is C5H4Br2N2O2S. The maximum atomic E-state index is 10.9. The van der Waals surface area contributed by atoms with Gasteiger partial charge >= 0.3 is 0 Å². The number of nitrogens with zero attached hydrogens (tertiary/aromatic N) is 1. The maximum Gasteiger partial charge on any atom is 0.240 e. The zero-order chi connectivity index (χ0) is 9.35. The van der Waals surface area contributed by atoms with Crippen molar-refractivity contribution in [1.82, 2.24) is 4.98 Å². The van der Waals surface area contributed by atoms with Crippen LogP contribution in [-0.2, 0) is 10.0 Å². The maximum absolute atomic E-state index is 10.9. The summed E-state index contributed by atoms with van der Waals surface area (Å²) < 4.78 is 22.6. The highest BCUT2D eigenvalue weighted by molar-refractivity contribution is 9.11. The van der Waals surface area contributed by atoms with Crippen molar-refractivity contribution < 1.29 is 8.42 Å². The molecule has 1 aromatic rings. The predicted molar refractivity (Wildman–Crippen MR) is 51.0 cm³/mol. The van der Waals surface area contributed by atoms with Gasteiger partial charge in [-0.15, -0.1) is 0 Å². The van der Waals surface area contributed by atoms with Gasteiger partial charge < -0.3 is 0 Å². The molecule has 0 aliphatic carbocycles. The van der Waals surface area contributed by atoms with Crippen LogP contribution in [0.4, 0.5) is 0 Å². The van der Waals surface area contributed by atoms with Gasteiger partial charge in [-0.1, -0.05) is 0 Å². The highest BCUT2D eigenvalue weighted by Crippen LogP contribution is 2.21. The number of hydrogen-bond acceptors (Lipinski definition) is 3. The highest BCUT2D eigenvalue weighted by atomic mass is 79.9. The minimum atomic E-state index is -3.70. The molecule has 0 atom stereocenters. The van der Waals surface area contributed by atoms with Gasteiger partial charge in [0.1, 0.15) is 9.50 Å². The third kappa shape index (κ3) is 2.25. The van der Waals surface area contributed by atoms with E-state index in [2.05, 4.69) is 36.8 Å². The summed E-state index contributed by atoms with van der Waals surface area (Å²) in [6.45, 7) is 0. The van der Waals surface area contributed by atoms with Crippen LogP contribution >= 0.6 is 31.9 Å². The van der Waals surface area contributed by atoms with E-state index in [0.29, 0.717) is 4.47 Å². The average molecular weight is 316 g/mol. The van der Waals surface area contributed by atoms with Gasteiger partial charge in [0.05, 0.1) is 0 Å². The van der Waals surface area contributed by atoms with Gasteiger partial charge in [-0.2, -0.15) is 0 Å². The molecule has 66 valence electrons. The van der Waals surface area contributed by atoms with Crippen LogP contribution in [0, 0.1) is 0 Å². The monoisotopic (exact) mass is 314 g/mol. The second-order valence-corrected chi connectivity index (χ2v) is 5.18. The summed E-state index contributed by atoms with van der Waals surface area (Å²) in [6.07, 6.45) is 1.47. The number of pyridine rings is 1. The fourth-order valence-electron chi connectivity index (χ4n) is 0.604. The van der Waals surface area contributed by atoms with Crippen molar-refractivity contribution in [1.29, 1.82) is 0 Å². The molecule has 0 aliphatic rings. The largest absolute Gasteiger partial charge is 0.247 e. The second-order valence-electron chi connectivity index (χ2n) is 1.99.